The zero-order valence-electron chi connectivity index (χ0n) is 13.2. The molecule has 1 amide bonds. The van der Waals surface area contributed by atoms with Crippen molar-refractivity contribution in [1.29, 1.82) is 0 Å². The molecule has 3 aromatic rings. The second kappa shape index (κ2) is 5.16. The number of hydrogen-bond donors (Lipinski definition) is 1. The van der Waals surface area contributed by atoms with Crippen LogP contribution in [0.5, 0.6) is 5.75 Å². The van der Waals surface area contributed by atoms with Crippen molar-refractivity contribution in [1.82, 2.24) is 4.98 Å². The Bertz CT molecular complexity index is 897. The molecule has 1 aliphatic rings. The monoisotopic (exact) mass is 306 g/mol. The van der Waals surface area contributed by atoms with E-state index in [9.17, 15) is 4.79 Å². The first kappa shape index (κ1) is 13.9. The molecule has 0 radical (unpaired) electrons. The van der Waals surface area contributed by atoms with Gasteiger partial charge < -0.3 is 14.6 Å². The van der Waals surface area contributed by atoms with Crippen LogP contribution in [0.3, 0.4) is 0 Å². The fraction of sp³-hybridized carbons (Fsp3) is 0.211. The van der Waals surface area contributed by atoms with Crippen LogP contribution in [0.1, 0.15) is 23.0 Å². The molecular weight excluding hydrogens is 288 g/mol. The maximum absolute atomic E-state index is 13.0. The summed E-state index contributed by atoms with van der Waals surface area (Å²) in [6, 6.07) is 15.9. The van der Waals surface area contributed by atoms with Crippen molar-refractivity contribution in [2.24, 2.45) is 0 Å². The van der Waals surface area contributed by atoms with Gasteiger partial charge in [0.05, 0.1) is 7.11 Å². The van der Waals surface area contributed by atoms with Gasteiger partial charge in [-0.1, -0.05) is 18.2 Å². The van der Waals surface area contributed by atoms with Gasteiger partial charge in [-0.3, -0.25) is 4.79 Å². The number of methoxy groups -OCH3 is 1. The Labute approximate surface area is 134 Å². The predicted octanol–water partition coefficient (Wildman–Crippen LogP) is 3.77. The van der Waals surface area contributed by atoms with Crippen LogP contribution in [-0.4, -0.2) is 24.0 Å². The lowest BCUT2D eigenvalue weighted by atomic mass is 10.1. The van der Waals surface area contributed by atoms with Crippen LogP contribution in [0, 0.1) is 0 Å². The van der Waals surface area contributed by atoms with Gasteiger partial charge in [0.1, 0.15) is 11.4 Å². The molecule has 4 nitrogen and oxygen atoms in total. The summed E-state index contributed by atoms with van der Waals surface area (Å²) in [6.45, 7) is 2.09. The van der Waals surface area contributed by atoms with Crippen LogP contribution < -0.4 is 9.64 Å². The van der Waals surface area contributed by atoms with Crippen LogP contribution in [0.4, 0.5) is 5.69 Å². The number of nitrogens with zero attached hydrogens (tertiary/aromatic N) is 1. The molecule has 0 aliphatic carbocycles. The molecule has 1 unspecified atom stereocenters. The van der Waals surface area contributed by atoms with Crippen molar-refractivity contribution in [3.63, 3.8) is 0 Å². The maximum atomic E-state index is 13.0. The minimum atomic E-state index is 0.0117. The average molecular weight is 306 g/mol. The van der Waals surface area contributed by atoms with E-state index in [0.717, 1.165) is 28.8 Å². The molecule has 116 valence electrons. The van der Waals surface area contributed by atoms with E-state index >= 15 is 0 Å². The number of aromatic amines is 1. The second-order valence-corrected chi connectivity index (χ2v) is 5.99. The number of para-hydroxylation sites is 1. The van der Waals surface area contributed by atoms with Gasteiger partial charge >= 0.3 is 0 Å². The van der Waals surface area contributed by atoms with Crippen molar-refractivity contribution in [3.8, 4) is 5.75 Å². The third-order valence-corrected chi connectivity index (χ3v) is 4.48. The van der Waals surface area contributed by atoms with Gasteiger partial charge in [0.2, 0.25) is 0 Å². The lowest BCUT2D eigenvalue weighted by Gasteiger charge is -2.22. The number of anilines is 1. The highest BCUT2D eigenvalue weighted by Crippen LogP contribution is 2.33. The summed E-state index contributed by atoms with van der Waals surface area (Å²) < 4.78 is 5.25. The fourth-order valence-electron chi connectivity index (χ4n) is 3.36. The number of amides is 1. The molecule has 4 heteroatoms. The quantitative estimate of drug-likeness (QED) is 0.783. The summed E-state index contributed by atoms with van der Waals surface area (Å²) in [5, 5.41) is 0.979. The Morgan fingerprint density at radius 3 is 2.87 bits per heavy atom. The normalized spacial score (nSPS) is 16.6. The number of nitrogens with one attached hydrogen (secondary N) is 1. The van der Waals surface area contributed by atoms with Gasteiger partial charge in [0.15, 0.2) is 0 Å². The molecule has 0 spiro atoms. The fourth-order valence-corrected chi connectivity index (χ4v) is 3.36. The number of H-pyrrole nitrogens is 1. The second-order valence-electron chi connectivity index (χ2n) is 5.99. The number of carbonyl (C=O) groups is 1. The lowest BCUT2D eigenvalue weighted by molar-refractivity contribution is 0.0977. The molecule has 1 N–H and O–H groups in total. The van der Waals surface area contributed by atoms with E-state index in [1.165, 1.54) is 5.56 Å². The van der Waals surface area contributed by atoms with E-state index in [1.54, 1.807) is 7.11 Å². The van der Waals surface area contributed by atoms with Gasteiger partial charge in [0, 0.05) is 22.6 Å². The van der Waals surface area contributed by atoms with Crippen LogP contribution in [0.2, 0.25) is 0 Å². The van der Waals surface area contributed by atoms with Crippen LogP contribution in [0.25, 0.3) is 10.9 Å². The number of carbonyl (C=O) groups excluding carboxylic acids is 1. The average Bonchev–Trinajstić information content (AvgIpc) is 3.13. The van der Waals surface area contributed by atoms with E-state index in [0.29, 0.717) is 5.69 Å². The lowest BCUT2D eigenvalue weighted by Crippen LogP contribution is -2.35. The van der Waals surface area contributed by atoms with Crippen LogP contribution in [-0.2, 0) is 6.42 Å². The minimum Gasteiger partial charge on any atom is -0.497 e. The largest absolute Gasteiger partial charge is 0.497 e. The number of ether oxygens (including phenoxy) is 1. The van der Waals surface area contributed by atoms with Gasteiger partial charge in [-0.05, 0) is 49.2 Å². The summed E-state index contributed by atoms with van der Waals surface area (Å²) in [7, 11) is 1.64. The molecule has 0 saturated heterocycles. The highest BCUT2D eigenvalue weighted by molar-refractivity contribution is 6.09. The Hall–Kier alpha value is -2.75. The van der Waals surface area contributed by atoms with Crippen LogP contribution in [0.15, 0.2) is 48.5 Å². The molecule has 1 atom stereocenters. The highest BCUT2D eigenvalue weighted by Gasteiger charge is 2.31. The van der Waals surface area contributed by atoms with Gasteiger partial charge in [0.25, 0.3) is 5.91 Å². The maximum Gasteiger partial charge on any atom is 0.274 e. The zero-order valence-corrected chi connectivity index (χ0v) is 13.2. The molecule has 1 aromatic heterocycles. The standard InChI is InChI=1S/C19H18N2O2/c1-12-9-13-5-3-4-6-18(13)21(12)19(22)17-11-14-10-15(23-2)7-8-16(14)20-17/h3-8,10-12,20H,9H2,1-2H3. The molecule has 2 aromatic carbocycles. The number of aromatic nitrogens is 1. The van der Waals surface area contributed by atoms with Crippen molar-refractivity contribution in [2.45, 2.75) is 19.4 Å². The molecule has 1 aliphatic heterocycles. The third-order valence-electron chi connectivity index (χ3n) is 4.48. The van der Waals surface area contributed by atoms with Crippen LogP contribution >= 0.6 is 0 Å². The summed E-state index contributed by atoms with van der Waals surface area (Å²) in [5.74, 6) is 0.799. The van der Waals surface area contributed by atoms with E-state index in [-0.39, 0.29) is 11.9 Å². The minimum absolute atomic E-state index is 0.0117. The number of hydrogen-bond acceptors (Lipinski definition) is 2. The first-order valence-electron chi connectivity index (χ1n) is 7.75. The van der Waals surface area contributed by atoms with Gasteiger partial charge in [-0.25, -0.2) is 0 Å². The van der Waals surface area contributed by atoms with Gasteiger partial charge in [-0.2, -0.15) is 0 Å². The molecule has 4 rings (SSSR count). The number of fused-ring (bicyclic) bond motifs is 2. The molecule has 0 fully saturated rings. The summed E-state index contributed by atoms with van der Waals surface area (Å²) >= 11 is 0. The van der Waals surface area contributed by atoms with Crippen molar-refractivity contribution < 1.29 is 9.53 Å². The predicted molar refractivity (Wildman–Crippen MR) is 91.3 cm³/mol. The van der Waals surface area contributed by atoms with Crippen molar-refractivity contribution >= 4 is 22.5 Å². The highest BCUT2D eigenvalue weighted by atomic mass is 16.5. The first-order chi connectivity index (χ1) is 11.2. The Morgan fingerprint density at radius 2 is 2.04 bits per heavy atom. The molecule has 23 heavy (non-hydrogen) atoms. The summed E-state index contributed by atoms with van der Waals surface area (Å²) in [6.07, 6.45) is 0.899. The number of benzene rings is 2. The molecule has 0 saturated carbocycles. The molecule has 2 heterocycles. The SMILES string of the molecule is COc1ccc2[nH]c(C(=O)N3c4ccccc4CC3C)cc2c1. The first-order valence-corrected chi connectivity index (χ1v) is 7.75. The summed E-state index contributed by atoms with van der Waals surface area (Å²) in [4.78, 5) is 18.1. The molecular formula is C19H18N2O2. The Morgan fingerprint density at radius 1 is 1.22 bits per heavy atom. The third kappa shape index (κ3) is 2.18. The smallest absolute Gasteiger partial charge is 0.274 e. The van der Waals surface area contributed by atoms with E-state index in [1.807, 2.05) is 47.4 Å². The zero-order chi connectivity index (χ0) is 16.0. The van der Waals surface area contributed by atoms with E-state index < -0.39 is 0 Å². The van der Waals surface area contributed by atoms with E-state index in [4.69, 9.17) is 4.74 Å². The molecule has 0 bridgehead atoms. The number of rotatable bonds is 2. The Balaban J connectivity index is 1.74. The topological polar surface area (TPSA) is 45.3 Å². The van der Waals surface area contributed by atoms with Crippen molar-refractivity contribution in [2.75, 3.05) is 12.0 Å². The van der Waals surface area contributed by atoms with Gasteiger partial charge in [-0.15, -0.1) is 0 Å². The van der Waals surface area contributed by atoms with E-state index in [2.05, 4.69) is 18.0 Å². The summed E-state index contributed by atoms with van der Waals surface area (Å²) in [5.41, 5.74) is 3.79. The van der Waals surface area contributed by atoms with Crippen molar-refractivity contribution in [3.05, 3.63) is 59.8 Å². The Kier molecular flexibility index (Phi) is 3.11.